The van der Waals surface area contributed by atoms with Gasteiger partial charge in [-0.1, -0.05) is 26.0 Å². The summed E-state index contributed by atoms with van der Waals surface area (Å²) in [6, 6.07) is 21.6. The van der Waals surface area contributed by atoms with E-state index >= 15 is 0 Å². The van der Waals surface area contributed by atoms with Crippen molar-refractivity contribution in [2.24, 2.45) is 0 Å². The summed E-state index contributed by atoms with van der Waals surface area (Å²) in [6.07, 6.45) is 1.78. The monoisotopic (exact) mass is 498 g/mol. The molecule has 2 atom stereocenters. The molecule has 0 aliphatic heterocycles. The van der Waals surface area contributed by atoms with Crippen molar-refractivity contribution >= 4 is 43.9 Å². The first-order valence-corrected chi connectivity index (χ1v) is 12.8. The van der Waals surface area contributed by atoms with E-state index in [-0.39, 0.29) is 11.6 Å². The maximum absolute atomic E-state index is 13.8. The van der Waals surface area contributed by atoms with Gasteiger partial charge in [0.1, 0.15) is 34.0 Å². The van der Waals surface area contributed by atoms with Crippen molar-refractivity contribution in [1.29, 1.82) is 0 Å². The van der Waals surface area contributed by atoms with Gasteiger partial charge in [-0.25, -0.2) is 8.78 Å². The summed E-state index contributed by atoms with van der Waals surface area (Å²) in [5, 5.41) is 3.50. The fraction of sp³-hybridized carbons (Fsp3) is 0.250. The lowest BCUT2D eigenvalue weighted by molar-refractivity contribution is 0.122. The van der Waals surface area contributed by atoms with E-state index in [2.05, 4.69) is 38.1 Å². The number of ether oxygens (including phenoxy) is 1. The van der Waals surface area contributed by atoms with Gasteiger partial charge in [0.25, 0.3) is 0 Å². The molecule has 4 aromatic carbocycles. The molecule has 0 aliphatic carbocycles. The summed E-state index contributed by atoms with van der Waals surface area (Å²) >= 11 is 0. The van der Waals surface area contributed by atoms with Crippen LogP contribution in [0.1, 0.15) is 49.7 Å². The third-order valence-electron chi connectivity index (χ3n) is 7.44. The van der Waals surface area contributed by atoms with Gasteiger partial charge < -0.3 is 13.6 Å². The molecule has 0 aliphatic rings. The van der Waals surface area contributed by atoms with E-state index in [9.17, 15) is 8.78 Å². The maximum Gasteiger partial charge on any atom is 0.135 e. The van der Waals surface area contributed by atoms with Crippen molar-refractivity contribution in [3.8, 4) is 0 Å². The predicted molar refractivity (Wildman–Crippen MR) is 144 cm³/mol. The second kappa shape index (κ2) is 9.64. The number of furan rings is 2. The number of rotatable bonds is 8. The van der Waals surface area contributed by atoms with E-state index in [1.165, 1.54) is 35.4 Å². The van der Waals surface area contributed by atoms with E-state index in [1.807, 2.05) is 12.1 Å². The SMILES string of the molecule is CC(CCOCCC(C)c1ccc2oc3ccc(F)cc3c2c1)c1ccc2oc3ccc(F)cc3c2c1. The van der Waals surface area contributed by atoms with Gasteiger partial charge in [-0.15, -0.1) is 0 Å². The van der Waals surface area contributed by atoms with Gasteiger partial charge in [-0.2, -0.15) is 0 Å². The van der Waals surface area contributed by atoms with Crippen molar-refractivity contribution in [1.82, 2.24) is 0 Å². The molecule has 2 heterocycles. The normalized spacial score (nSPS) is 13.7. The van der Waals surface area contributed by atoms with Crippen LogP contribution in [0.25, 0.3) is 43.9 Å². The predicted octanol–water partition coefficient (Wildman–Crippen LogP) is 9.47. The second-order valence-corrected chi connectivity index (χ2v) is 9.99. The average molecular weight is 499 g/mol. The van der Waals surface area contributed by atoms with Gasteiger partial charge in [0, 0.05) is 34.8 Å². The minimum atomic E-state index is -0.261. The third kappa shape index (κ3) is 4.60. The van der Waals surface area contributed by atoms with Crippen LogP contribution in [-0.2, 0) is 4.74 Å². The molecule has 2 unspecified atom stereocenters. The molecule has 0 saturated carbocycles. The minimum absolute atomic E-state index is 0.261. The standard InChI is InChI=1S/C32H28F2O3/c1-19(21-3-7-29-25(15-21)27-17-23(33)5-9-31(27)36-29)11-13-35-14-12-20(2)22-4-8-30-26(16-22)28-18-24(34)6-10-32(28)37-30/h3-10,15-20H,11-14H2,1-2H3. The fourth-order valence-electron chi connectivity index (χ4n) is 5.10. The molecular weight excluding hydrogens is 470 g/mol. The molecule has 6 aromatic rings. The molecule has 0 N–H and O–H groups in total. The summed E-state index contributed by atoms with van der Waals surface area (Å²) in [4.78, 5) is 0. The molecule has 0 radical (unpaired) electrons. The zero-order valence-electron chi connectivity index (χ0n) is 20.9. The van der Waals surface area contributed by atoms with E-state index in [4.69, 9.17) is 13.6 Å². The first-order chi connectivity index (χ1) is 18.0. The van der Waals surface area contributed by atoms with E-state index < -0.39 is 0 Å². The number of benzene rings is 4. The lowest BCUT2D eigenvalue weighted by atomic mass is 9.96. The lowest BCUT2D eigenvalue weighted by Crippen LogP contribution is -2.05. The second-order valence-electron chi connectivity index (χ2n) is 9.99. The van der Waals surface area contributed by atoms with Gasteiger partial charge >= 0.3 is 0 Å². The number of hydrogen-bond acceptors (Lipinski definition) is 3. The number of halogens is 2. The van der Waals surface area contributed by atoms with Crippen molar-refractivity contribution in [2.45, 2.75) is 38.5 Å². The van der Waals surface area contributed by atoms with Crippen LogP contribution in [0, 0.1) is 11.6 Å². The van der Waals surface area contributed by atoms with Crippen LogP contribution in [0.2, 0.25) is 0 Å². The summed E-state index contributed by atoms with van der Waals surface area (Å²) in [5.41, 5.74) is 5.32. The Labute approximate surface area is 213 Å². The molecule has 0 amide bonds. The Morgan fingerprint density at radius 3 is 1.38 bits per heavy atom. The van der Waals surface area contributed by atoms with E-state index in [1.54, 1.807) is 12.1 Å². The molecule has 3 nitrogen and oxygen atoms in total. The Bertz CT molecular complexity index is 1600. The van der Waals surface area contributed by atoms with Gasteiger partial charge in [0.05, 0.1) is 0 Å². The van der Waals surface area contributed by atoms with Crippen LogP contribution in [0.4, 0.5) is 8.78 Å². The number of fused-ring (bicyclic) bond motifs is 6. The Kier molecular flexibility index (Phi) is 6.17. The van der Waals surface area contributed by atoms with Crippen LogP contribution in [0.15, 0.2) is 81.6 Å². The summed E-state index contributed by atoms with van der Waals surface area (Å²) in [7, 11) is 0. The topological polar surface area (TPSA) is 35.5 Å². The average Bonchev–Trinajstić information content (AvgIpc) is 3.44. The largest absolute Gasteiger partial charge is 0.456 e. The number of hydrogen-bond donors (Lipinski definition) is 0. The zero-order valence-corrected chi connectivity index (χ0v) is 20.9. The smallest absolute Gasteiger partial charge is 0.135 e. The Morgan fingerprint density at radius 2 is 0.946 bits per heavy atom. The summed E-state index contributed by atoms with van der Waals surface area (Å²) in [6.45, 7) is 5.70. The van der Waals surface area contributed by atoms with Crippen LogP contribution in [-0.4, -0.2) is 13.2 Å². The van der Waals surface area contributed by atoms with Gasteiger partial charge in [0.15, 0.2) is 0 Å². The van der Waals surface area contributed by atoms with E-state index in [0.717, 1.165) is 45.6 Å². The van der Waals surface area contributed by atoms with Crippen molar-refractivity contribution in [3.63, 3.8) is 0 Å². The van der Waals surface area contributed by atoms with E-state index in [0.29, 0.717) is 36.2 Å². The Morgan fingerprint density at radius 1 is 0.568 bits per heavy atom. The molecule has 0 fully saturated rings. The first-order valence-electron chi connectivity index (χ1n) is 12.8. The molecule has 0 bridgehead atoms. The van der Waals surface area contributed by atoms with Crippen molar-refractivity contribution in [2.75, 3.05) is 13.2 Å². The Balaban J connectivity index is 1.05. The minimum Gasteiger partial charge on any atom is -0.456 e. The van der Waals surface area contributed by atoms with Crippen LogP contribution in [0.3, 0.4) is 0 Å². The van der Waals surface area contributed by atoms with Crippen LogP contribution >= 0.6 is 0 Å². The van der Waals surface area contributed by atoms with Crippen molar-refractivity contribution in [3.05, 3.63) is 95.6 Å². The highest BCUT2D eigenvalue weighted by Crippen LogP contribution is 2.34. The van der Waals surface area contributed by atoms with Crippen LogP contribution < -0.4 is 0 Å². The van der Waals surface area contributed by atoms with Crippen LogP contribution in [0.5, 0.6) is 0 Å². The molecule has 5 heteroatoms. The molecule has 0 spiro atoms. The zero-order chi connectivity index (χ0) is 25.5. The quantitative estimate of drug-likeness (QED) is 0.196. The van der Waals surface area contributed by atoms with Crippen molar-refractivity contribution < 1.29 is 22.4 Å². The fourth-order valence-corrected chi connectivity index (χ4v) is 5.10. The molecule has 188 valence electrons. The molecule has 6 rings (SSSR count). The molecular formula is C32H28F2O3. The molecule has 37 heavy (non-hydrogen) atoms. The summed E-state index contributed by atoms with van der Waals surface area (Å²) in [5.74, 6) is 0.0847. The first kappa shape index (κ1) is 23.7. The highest BCUT2D eigenvalue weighted by molar-refractivity contribution is 6.05. The Hall–Kier alpha value is -3.70. The molecule has 2 aromatic heterocycles. The highest BCUT2D eigenvalue weighted by atomic mass is 19.1. The maximum atomic E-state index is 13.8. The summed E-state index contributed by atoms with van der Waals surface area (Å²) < 4.78 is 45.2. The van der Waals surface area contributed by atoms with Gasteiger partial charge in [0.2, 0.25) is 0 Å². The molecule has 0 saturated heterocycles. The van der Waals surface area contributed by atoms with Gasteiger partial charge in [-0.3, -0.25) is 0 Å². The third-order valence-corrected chi connectivity index (χ3v) is 7.44. The lowest BCUT2D eigenvalue weighted by Gasteiger charge is -2.15. The van der Waals surface area contributed by atoms with Gasteiger partial charge in [-0.05, 0) is 96.5 Å². The highest BCUT2D eigenvalue weighted by Gasteiger charge is 2.14.